The van der Waals surface area contributed by atoms with Crippen molar-refractivity contribution in [2.75, 3.05) is 14.2 Å². The fraction of sp³-hybridized carbons (Fsp3) is 0.0476. The number of fused-ring (bicyclic) bond motifs is 8. The van der Waals surface area contributed by atoms with Crippen LogP contribution >= 0.6 is 22.7 Å². The van der Waals surface area contributed by atoms with Crippen LogP contribution in [0, 0.1) is 0 Å². The zero-order valence-corrected chi connectivity index (χ0v) is 30.4. The average Bonchev–Trinajstić information content (AvgIpc) is 4.06. The summed E-state index contributed by atoms with van der Waals surface area (Å²) < 4.78 is 9.93. The van der Waals surface area contributed by atoms with Crippen LogP contribution in [0.25, 0.3) is 89.5 Å². The fourth-order valence-electron chi connectivity index (χ4n) is 6.79. The molecule has 0 radical (unpaired) electrons. The maximum Gasteiger partial charge on any atom is 0.337 e. The zero-order chi connectivity index (χ0) is 36.8. The Balaban J connectivity index is 1.41. The van der Waals surface area contributed by atoms with Gasteiger partial charge in [0, 0.05) is 56.7 Å². The number of methoxy groups -OCH3 is 2. The first kappa shape index (κ1) is 33.1. The molecule has 0 saturated carbocycles. The van der Waals surface area contributed by atoms with Crippen molar-refractivity contribution < 1.29 is 19.1 Å². The molecule has 0 saturated heterocycles. The summed E-state index contributed by atoms with van der Waals surface area (Å²) in [5.74, 6) is -0.808. The van der Waals surface area contributed by atoms with Gasteiger partial charge in [-0.1, -0.05) is 24.3 Å². The number of hydrogen-bond acceptors (Lipinski definition) is 10. The van der Waals surface area contributed by atoms with E-state index in [0.29, 0.717) is 11.1 Å². The largest absolute Gasteiger partial charge is 0.465 e. The Morgan fingerprint density at radius 1 is 0.500 bits per heavy atom. The number of H-pyrrole nitrogens is 2. The molecular weight excluding hydrogens is 717 g/mol. The van der Waals surface area contributed by atoms with Gasteiger partial charge < -0.3 is 19.4 Å². The molecule has 2 aromatic carbocycles. The number of nitrogens with one attached hydrogen (secondary N) is 2. The Bertz CT molecular complexity index is 2620. The first-order valence-corrected chi connectivity index (χ1v) is 18.6. The van der Waals surface area contributed by atoms with Gasteiger partial charge in [-0.05, 0) is 84.0 Å². The van der Waals surface area contributed by atoms with Crippen LogP contribution in [0.15, 0.2) is 96.2 Å². The first-order valence-electron chi connectivity index (χ1n) is 16.8. The average molecular weight is 745 g/mol. The van der Waals surface area contributed by atoms with Crippen LogP contribution in [-0.4, -0.2) is 56.1 Å². The third kappa shape index (κ3) is 5.83. The minimum atomic E-state index is -0.404. The predicted octanol–water partition coefficient (Wildman–Crippen LogP) is 9.81. The van der Waals surface area contributed by atoms with Crippen molar-refractivity contribution in [1.29, 1.82) is 0 Å². The minimum Gasteiger partial charge on any atom is -0.465 e. The number of aromatic amines is 2. The Morgan fingerprint density at radius 3 is 1.19 bits per heavy atom. The van der Waals surface area contributed by atoms with E-state index in [0.717, 1.165) is 88.0 Å². The standard InChI is InChI=1S/C42H28N6O4S2/c1-51-41(49)25-7-3-23(4-8-25)37-27-11-15-31(45-27)39(35-19-43-21-53-35)33-17-13-29(47-33)38(24-5-9-26(10-6-24)42(50)52-2)30-14-18-34(48-30)40(36-20-44-22-54-36)32-16-12-28(37)46-32/h3-22,45,48H,1-2H3. The molecule has 7 aromatic rings. The van der Waals surface area contributed by atoms with Crippen LogP contribution in [0.5, 0.6) is 0 Å². The lowest BCUT2D eigenvalue weighted by atomic mass is 10.0. The summed E-state index contributed by atoms with van der Waals surface area (Å²) in [5, 5.41) is 0. The van der Waals surface area contributed by atoms with Gasteiger partial charge in [0.1, 0.15) is 0 Å². The minimum absolute atomic E-state index is 0.404. The van der Waals surface area contributed by atoms with Gasteiger partial charge in [-0.15, -0.1) is 22.7 Å². The number of esters is 2. The third-order valence-electron chi connectivity index (χ3n) is 9.30. The molecule has 7 heterocycles. The van der Waals surface area contributed by atoms with Gasteiger partial charge >= 0.3 is 11.9 Å². The lowest BCUT2D eigenvalue weighted by molar-refractivity contribution is 0.0592. The first-order chi connectivity index (χ1) is 26.5. The van der Waals surface area contributed by atoms with E-state index in [1.165, 1.54) is 36.9 Å². The van der Waals surface area contributed by atoms with Crippen molar-refractivity contribution in [2.45, 2.75) is 0 Å². The monoisotopic (exact) mass is 744 g/mol. The van der Waals surface area contributed by atoms with E-state index in [2.05, 4.69) is 19.9 Å². The van der Waals surface area contributed by atoms with E-state index in [1.54, 1.807) is 24.3 Å². The molecule has 8 bridgehead atoms. The molecule has 0 atom stereocenters. The topological polar surface area (TPSA) is 136 Å². The van der Waals surface area contributed by atoms with E-state index < -0.39 is 11.9 Å². The number of rotatable bonds is 6. The van der Waals surface area contributed by atoms with Crippen LogP contribution in [0.2, 0.25) is 0 Å². The van der Waals surface area contributed by atoms with Gasteiger partial charge in [0.25, 0.3) is 0 Å². The predicted molar refractivity (Wildman–Crippen MR) is 215 cm³/mol. The number of hydrogen-bond donors (Lipinski definition) is 2. The zero-order valence-electron chi connectivity index (χ0n) is 28.8. The highest BCUT2D eigenvalue weighted by atomic mass is 32.1. The Hall–Kier alpha value is -6.76. The molecule has 0 fully saturated rings. The lowest BCUT2D eigenvalue weighted by Gasteiger charge is -2.07. The Kier molecular flexibility index (Phi) is 8.37. The molecule has 0 spiro atoms. The van der Waals surface area contributed by atoms with Crippen LogP contribution < -0.4 is 0 Å². The van der Waals surface area contributed by atoms with E-state index >= 15 is 0 Å². The molecular formula is C42H28N6O4S2. The van der Waals surface area contributed by atoms with E-state index in [1.807, 2.05) is 96.2 Å². The molecule has 0 unspecified atom stereocenters. The van der Waals surface area contributed by atoms with Gasteiger partial charge in [-0.25, -0.2) is 19.6 Å². The molecule has 54 heavy (non-hydrogen) atoms. The third-order valence-corrected chi connectivity index (χ3v) is 10.9. The van der Waals surface area contributed by atoms with Gasteiger partial charge in [0.2, 0.25) is 0 Å². The maximum atomic E-state index is 12.3. The summed E-state index contributed by atoms with van der Waals surface area (Å²) in [7, 11) is 2.74. The van der Waals surface area contributed by atoms with Gasteiger partial charge in [0.05, 0.1) is 68.9 Å². The van der Waals surface area contributed by atoms with E-state index in [9.17, 15) is 9.59 Å². The highest BCUT2D eigenvalue weighted by Gasteiger charge is 2.20. The molecule has 262 valence electrons. The second kappa shape index (κ2) is 13.7. The van der Waals surface area contributed by atoms with Gasteiger partial charge in [-0.3, -0.25) is 9.97 Å². The molecule has 5 aromatic heterocycles. The van der Waals surface area contributed by atoms with Crippen molar-refractivity contribution in [3.63, 3.8) is 0 Å². The second-order valence-corrected chi connectivity index (χ2v) is 14.1. The summed E-state index contributed by atoms with van der Waals surface area (Å²) in [6.07, 6.45) is 11.8. The van der Waals surface area contributed by atoms with E-state index in [4.69, 9.17) is 19.4 Å². The van der Waals surface area contributed by atoms with Crippen molar-refractivity contribution in [3.8, 4) is 43.1 Å². The summed E-state index contributed by atoms with van der Waals surface area (Å²) in [4.78, 5) is 53.3. The van der Waals surface area contributed by atoms with Crippen LogP contribution in [-0.2, 0) is 9.47 Å². The number of benzene rings is 2. The summed E-state index contributed by atoms with van der Waals surface area (Å²) in [6, 6.07) is 22.9. The van der Waals surface area contributed by atoms with Crippen molar-refractivity contribution in [3.05, 3.63) is 130 Å². The van der Waals surface area contributed by atoms with Gasteiger partial charge in [0.15, 0.2) is 0 Å². The highest BCUT2D eigenvalue weighted by Crippen LogP contribution is 2.39. The molecule has 10 nitrogen and oxygen atoms in total. The van der Waals surface area contributed by atoms with Crippen molar-refractivity contribution in [1.82, 2.24) is 29.9 Å². The number of carbonyl (C=O) groups is 2. The summed E-state index contributed by atoms with van der Waals surface area (Å²) in [6.45, 7) is 0. The number of ether oxygens (including phenoxy) is 2. The number of thiazole rings is 2. The molecule has 2 aliphatic rings. The quantitative estimate of drug-likeness (QED) is 0.161. The SMILES string of the molecule is COC(=O)c1ccc(-c2c3nc(c(-c4cncs4)c4ccc([nH]4)c(-c4ccc(C(=O)OC)cc4)c4nc(c(-c5cncs5)c5ccc2[nH]5)C=C4)C=C3)cc1. The van der Waals surface area contributed by atoms with Crippen LogP contribution in [0.3, 0.4) is 0 Å². The maximum absolute atomic E-state index is 12.3. The Morgan fingerprint density at radius 2 is 0.852 bits per heavy atom. The number of carbonyl (C=O) groups excluding carboxylic acids is 2. The number of aromatic nitrogens is 6. The summed E-state index contributed by atoms with van der Waals surface area (Å²) >= 11 is 3.06. The molecule has 2 N–H and O–H groups in total. The lowest BCUT2D eigenvalue weighted by Crippen LogP contribution is -2.00. The van der Waals surface area contributed by atoms with Crippen LogP contribution in [0.1, 0.15) is 43.5 Å². The van der Waals surface area contributed by atoms with Gasteiger partial charge in [-0.2, -0.15) is 0 Å². The van der Waals surface area contributed by atoms with Crippen molar-refractivity contribution >= 4 is 81.0 Å². The fourth-order valence-corrected chi connectivity index (χ4v) is 8.17. The second-order valence-electron chi connectivity index (χ2n) is 12.4. The molecule has 0 aliphatic carbocycles. The Labute approximate surface area is 316 Å². The molecule has 12 heteroatoms. The highest BCUT2D eigenvalue weighted by molar-refractivity contribution is 7.13. The van der Waals surface area contributed by atoms with Crippen molar-refractivity contribution in [2.24, 2.45) is 0 Å². The molecule has 2 aliphatic heterocycles. The molecule has 9 rings (SSSR count). The van der Waals surface area contributed by atoms with Crippen LogP contribution in [0.4, 0.5) is 0 Å². The smallest absolute Gasteiger partial charge is 0.337 e. The normalized spacial score (nSPS) is 11.9. The molecule has 0 amide bonds. The summed E-state index contributed by atoms with van der Waals surface area (Å²) in [5.41, 5.74) is 16.2. The number of nitrogens with zero attached hydrogens (tertiary/aromatic N) is 4. The van der Waals surface area contributed by atoms with E-state index in [-0.39, 0.29) is 0 Å².